The number of hydrogen-bond donors (Lipinski definition) is 9. The number of aliphatic hydroxyl groups is 1. The number of H-pyrrole nitrogens is 1. The summed E-state index contributed by atoms with van der Waals surface area (Å²) in [6.45, 7) is -0.768. The fraction of sp³-hybridized carbons (Fsp3) is 0.500. The molecule has 0 aliphatic heterocycles. The first-order valence-electron chi connectivity index (χ1n) is 9.85. The Labute approximate surface area is 191 Å². The van der Waals surface area contributed by atoms with E-state index < -0.39 is 85.7 Å². The van der Waals surface area contributed by atoms with E-state index in [9.17, 15) is 33.9 Å². The lowest BCUT2D eigenvalue weighted by Gasteiger charge is -2.24. The molecule has 0 aliphatic carbocycles. The molecular formula is C18H26N6O10. The maximum absolute atomic E-state index is 12.6. The fourth-order valence-corrected chi connectivity index (χ4v) is 2.64. The number of carboxylic acid groups (broad SMARTS) is 3. The number of nitrogens with one attached hydrogen (secondary N) is 4. The van der Waals surface area contributed by atoms with E-state index in [0.717, 1.165) is 0 Å². The van der Waals surface area contributed by atoms with Gasteiger partial charge in [-0.25, -0.2) is 9.78 Å². The maximum atomic E-state index is 12.6. The molecule has 0 radical (unpaired) electrons. The molecule has 34 heavy (non-hydrogen) atoms. The average molecular weight is 486 g/mol. The Hall–Kier alpha value is -4.05. The lowest BCUT2D eigenvalue weighted by atomic mass is 10.1. The number of imidazole rings is 1. The summed E-state index contributed by atoms with van der Waals surface area (Å²) in [5.41, 5.74) is 5.72. The monoisotopic (exact) mass is 486 g/mol. The zero-order valence-electron chi connectivity index (χ0n) is 17.8. The number of carboxylic acids is 3. The number of aliphatic hydroxyl groups excluding tert-OH is 1. The van der Waals surface area contributed by atoms with Gasteiger partial charge in [0, 0.05) is 24.7 Å². The second-order valence-corrected chi connectivity index (χ2v) is 7.12. The maximum Gasteiger partial charge on any atom is 0.326 e. The molecular weight excluding hydrogens is 460 g/mol. The molecule has 0 aromatic carbocycles. The van der Waals surface area contributed by atoms with E-state index in [1.54, 1.807) is 0 Å². The zero-order valence-corrected chi connectivity index (χ0v) is 17.8. The molecule has 1 rings (SSSR count). The Morgan fingerprint density at radius 3 is 2.00 bits per heavy atom. The molecule has 16 nitrogen and oxygen atoms in total. The summed E-state index contributed by atoms with van der Waals surface area (Å²) in [6.07, 6.45) is 0.440. The molecule has 0 fully saturated rings. The Morgan fingerprint density at radius 1 is 0.912 bits per heavy atom. The van der Waals surface area contributed by atoms with Crippen molar-refractivity contribution in [3.05, 3.63) is 18.2 Å². The van der Waals surface area contributed by atoms with Gasteiger partial charge < -0.3 is 47.1 Å². The van der Waals surface area contributed by atoms with Crippen LogP contribution in [-0.2, 0) is 35.2 Å². The molecule has 0 saturated carbocycles. The number of aliphatic carboxylic acids is 3. The lowest BCUT2D eigenvalue weighted by Crippen LogP contribution is -2.58. The summed E-state index contributed by atoms with van der Waals surface area (Å²) in [5.74, 6) is -7.49. The quantitative estimate of drug-likeness (QED) is 0.115. The number of nitrogens with two attached hydrogens (primary N) is 1. The van der Waals surface area contributed by atoms with Crippen molar-refractivity contribution in [2.24, 2.45) is 5.73 Å². The first-order chi connectivity index (χ1) is 15.9. The molecule has 3 amide bonds. The molecule has 4 atom stereocenters. The van der Waals surface area contributed by atoms with Crippen LogP contribution in [-0.4, -0.2) is 96.8 Å². The number of carbonyl (C=O) groups excluding carboxylic acids is 3. The molecule has 0 aliphatic rings. The SMILES string of the molecule is NC(CO)C(=O)NC(CCC(=O)O)C(=O)NC(CC(=O)O)C(=O)NC(Cc1cnc[nH]1)C(=O)O. The Bertz CT molecular complexity index is 890. The minimum Gasteiger partial charge on any atom is -0.481 e. The van der Waals surface area contributed by atoms with Crippen molar-refractivity contribution in [3.8, 4) is 0 Å². The predicted molar refractivity (Wildman–Crippen MR) is 110 cm³/mol. The highest BCUT2D eigenvalue weighted by atomic mass is 16.4. The van der Waals surface area contributed by atoms with Crippen molar-refractivity contribution in [3.63, 3.8) is 0 Å². The fourth-order valence-electron chi connectivity index (χ4n) is 2.64. The van der Waals surface area contributed by atoms with Crippen LogP contribution in [0.5, 0.6) is 0 Å². The molecule has 188 valence electrons. The van der Waals surface area contributed by atoms with E-state index in [2.05, 4.69) is 25.9 Å². The average Bonchev–Trinajstić information content (AvgIpc) is 3.27. The third kappa shape index (κ3) is 9.61. The van der Waals surface area contributed by atoms with Gasteiger partial charge in [-0.1, -0.05) is 0 Å². The van der Waals surface area contributed by atoms with Crippen LogP contribution in [0, 0.1) is 0 Å². The predicted octanol–water partition coefficient (Wildman–Crippen LogP) is -3.85. The number of aromatic amines is 1. The molecule has 1 aromatic heterocycles. The Morgan fingerprint density at radius 2 is 1.50 bits per heavy atom. The van der Waals surface area contributed by atoms with Crippen molar-refractivity contribution in [2.75, 3.05) is 6.61 Å². The van der Waals surface area contributed by atoms with Gasteiger partial charge in [-0.2, -0.15) is 0 Å². The van der Waals surface area contributed by atoms with Gasteiger partial charge in [0.15, 0.2) is 0 Å². The number of aromatic nitrogens is 2. The van der Waals surface area contributed by atoms with Crippen LogP contribution in [0.25, 0.3) is 0 Å². The highest BCUT2D eigenvalue weighted by Gasteiger charge is 2.32. The molecule has 4 unspecified atom stereocenters. The number of nitrogens with zero attached hydrogens (tertiary/aromatic N) is 1. The smallest absolute Gasteiger partial charge is 0.326 e. The van der Waals surface area contributed by atoms with Crippen molar-refractivity contribution >= 4 is 35.6 Å². The highest BCUT2D eigenvalue weighted by Crippen LogP contribution is 2.04. The Balaban J connectivity index is 2.99. The summed E-state index contributed by atoms with van der Waals surface area (Å²) in [5, 5.41) is 42.6. The van der Waals surface area contributed by atoms with Crippen LogP contribution in [0.4, 0.5) is 0 Å². The first-order valence-corrected chi connectivity index (χ1v) is 9.85. The standard InChI is InChI=1S/C18H26N6O10/c19-9(6-25)15(30)22-10(1-2-13(26)27)16(31)23-11(4-14(28)29)17(32)24-12(18(33)34)3-8-5-20-7-21-8/h5,7,9-12,25H,1-4,6,19H2,(H,20,21)(H,22,30)(H,23,31)(H,24,32)(H,26,27)(H,28,29)(H,33,34). The van der Waals surface area contributed by atoms with Crippen molar-refractivity contribution < 1.29 is 49.2 Å². The normalized spacial score (nSPS) is 14.2. The van der Waals surface area contributed by atoms with Crippen LogP contribution in [0.3, 0.4) is 0 Å². The largest absolute Gasteiger partial charge is 0.481 e. The highest BCUT2D eigenvalue weighted by molar-refractivity contribution is 5.95. The first kappa shape index (κ1) is 28.0. The van der Waals surface area contributed by atoms with Crippen molar-refractivity contribution in [2.45, 2.75) is 49.9 Å². The molecule has 1 aromatic rings. The summed E-state index contributed by atoms with van der Waals surface area (Å²) in [6, 6.07) is -6.21. The molecule has 0 bridgehead atoms. The topological polar surface area (TPSA) is 274 Å². The summed E-state index contributed by atoms with van der Waals surface area (Å²) < 4.78 is 0. The molecule has 10 N–H and O–H groups in total. The number of hydrogen-bond acceptors (Lipinski definition) is 9. The molecule has 1 heterocycles. The van der Waals surface area contributed by atoms with Gasteiger partial charge in [0.1, 0.15) is 24.2 Å². The minimum absolute atomic E-state index is 0.217. The van der Waals surface area contributed by atoms with Gasteiger partial charge in [0.05, 0.1) is 19.4 Å². The van der Waals surface area contributed by atoms with Crippen molar-refractivity contribution in [1.29, 1.82) is 0 Å². The molecule has 0 spiro atoms. The van der Waals surface area contributed by atoms with Gasteiger partial charge in [-0.05, 0) is 6.42 Å². The second kappa shape index (κ2) is 13.5. The van der Waals surface area contributed by atoms with Gasteiger partial charge in [0.25, 0.3) is 0 Å². The Kier molecular flexibility index (Phi) is 11.1. The zero-order chi connectivity index (χ0) is 25.8. The minimum atomic E-state index is -1.76. The number of carbonyl (C=O) groups is 6. The van der Waals surface area contributed by atoms with E-state index in [4.69, 9.17) is 21.1 Å². The third-order valence-corrected chi connectivity index (χ3v) is 4.42. The molecule has 0 saturated heterocycles. The number of amides is 3. The molecule has 16 heteroatoms. The summed E-state index contributed by atoms with van der Waals surface area (Å²) in [4.78, 5) is 77.2. The summed E-state index contributed by atoms with van der Waals surface area (Å²) >= 11 is 0. The van der Waals surface area contributed by atoms with Gasteiger partial charge in [-0.15, -0.1) is 0 Å². The number of rotatable bonds is 15. The summed E-state index contributed by atoms with van der Waals surface area (Å²) in [7, 11) is 0. The van der Waals surface area contributed by atoms with Crippen LogP contribution < -0.4 is 21.7 Å². The van der Waals surface area contributed by atoms with E-state index in [0.29, 0.717) is 5.69 Å². The van der Waals surface area contributed by atoms with E-state index in [1.807, 2.05) is 0 Å². The van der Waals surface area contributed by atoms with Gasteiger partial charge >= 0.3 is 17.9 Å². The second-order valence-electron chi connectivity index (χ2n) is 7.12. The van der Waals surface area contributed by atoms with Gasteiger partial charge in [-0.3, -0.25) is 24.0 Å². The van der Waals surface area contributed by atoms with E-state index >= 15 is 0 Å². The van der Waals surface area contributed by atoms with Crippen LogP contribution in [0.2, 0.25) is 0 Å². The third-order valence-electron chi connectivity index (χ3n) is 4.42. The van der Waals surface area contributed by atoms with Crippen LogP contribution in [0.1, 0.15) is 25.0 Å². The van der Waals surface area contributed by atoms with E-state index in [1.165, 1.54) is 12.5 Å². The van der Waals surface area contributed by atoms with Gasteiger partial charge in [0.2, 0.25) is 17.7 Å². The lowest BCUT2D eigenvalue weighted by molar-refractivity contribution is -0.143. The van der Waals surface area contributed by atoms with Crippen LogP contribution >= 0.6 is 0 Å². The van der Waals surface area contributed by atoms with Crippen LogP contribution in [0.15, 0.2) is 12.5 Å². The van der Waals surface area contributed by atoms with Crippen molar-refractivity contribution in [1.82, 2.24) is 25.9 Å². The van der Waals surface area contributed by atoms with E-state index in [-0.39, 0.29) is 6.42 Å².